The van der Waals surface area contributed by atoms with E-state index in [4.69, 9.17) is 0 Å². The summed E-state index contributed by atoms with van der Waals surface area (Å²) in [5, 5.41) is 0. The lowest BCUT2D eigenvalue weighted by Crippen LogP contribution is -2.37. The molecule has 1 heterocycles. The summed E-state index contributed by atoms with van der Waals surface area (Å²) < 4.78 is 0. The Bertz CT molecular complexity index is 580. The van der Waals surface area contributed by atoms with Crippen LogP contribution in [0.3, 0.4) is 0 Å². The molecule has 3 rings (SSSR count). The van der Waals surface area contributed by atoms with Crippen LogP contribution in [0.5, 0.6) is 0 Å². The second-order valence-corrected chi connectivity index (χ2v) is 6.54. The second kappa shape index (κ2) is 9.40. The second-order valence-electron chi connectivity index (χ2n) is 5.46. The molecule has 0 saturated carbocycles. The highest BCUT2D eigenvalue weighted by Crippen LogP contribution is 2.47. The molecule has 0 amide bonds. The third-order valence-corrected chi connectivity index (χ3v) is 4.99. The standard InChI is InChI=1S/C17H20N2S.2ClH.H2O/c1-13(18(2)3)12-19-14-8-4-6-10-16(14)20-17-11-7-5-9-15(17)19;;;/h4-11,13H,12H2,1-3H3;2*1H;1H2. The molecular weight excluding hydrogens is 351 g/mol. The summed E-state index contributed by atoms with van der Waals surface area (Å²) in [7, 11) is 4.28. The Morgan fingerprint density at radius 1 is 0.913 bits per heavy atom. The Morgan fingerprint density at radius 2 is 1.35 bits per heavy atom. The first-order chi connectivity index (χ1) is 9.66. The van der Waals surface area contributed by atoms with Crippen LogP contribution < -0.4 is 4.90 Å². The third-order valence-electron chi connectivity index (χ3n) is 3.86. The van der Waals surface area contributed by atoms with Crippen LogP contribution in [0.1, 0.15) is 6.92 Å². The molecule has 0 bridgehead atoms. The molecule has 1 unspecified atom stereocenters. The van der Waals surface area contributed by atoms with Crippen LogP contribution in [0, 0.1) is 0 Å². The van der Waals surface area contributed by atoms with Gasteiger partial charge in [-0.2, -0.15) is 0 Å². The van der Waals surface area contributed by atoms with Gasteiger partial charge in [-0.05, 0) is 45.3 Å². The Balaban J connectivity index is 0.00000161. The maximum Gasteiger partial charge on any atom is 0.0553 e. The van der Waals surface area contributed by atoms with Crippen LogP contribution in [0.25, 0.3) is 0 Å². The molecule has 1 aliphatic heterocycles. The highest BCUT2D eigenvalue weighted by Gasteiger charge is 2.24. The average Bonchev–Trinajstić information content (AvgIpc) is 2.46. The Morgan fingerprint density at radius 3 is 1.78 bits per heavy atom. The maximum absolute atomic E-state index is 2.45. The van der Waals surface area contributed by atoms with Crippen molar-refractivity contribution < 1.29 is 5.48 Å². The first-order valence-electron chi connectivity index (χ1n) is 6.96. The van der Waals surface area contributed by atoms with E-state index in [1.54, 1.807) is 0 Å². The summed E-state index contributed by atoms with van der Waals surface area (Å²) in [4.78, 5) is 7.41. The van der Waals surface area contributed by atoms with Gasteiger partial charge in [0, 0.05) is 22.4 Å². The highest BCUT2D eigenvalue weighted by atomic mass is 35.5. The molecule has 0 radical (unpaired) electrons. The molecule has 3 nitrogen and oxygen atoms in total. The summed E-state index contributed by atoms with van der Waals surface area (Å²) >= 11 is 1.87. The number of halogens is 2. The van der Waals surface area contributed by atoms with Crippen LogP contribution in [0.2, 0.25) is 0 Å². The highest BCUT2D eigenvalue weighted by molar-refractivity contribution is 7.99. The van der Waals surface area contributed by atoms with Gasteiger partial charge in [0.05, 0.1) is 11.4 Å². The summed E-state index contributed by atoms with van der Waals surface area (Å²) in [6.07, 6.45) is 0. The van der Waals surface area contributed by atoms with Crippen LogP contribution in [-0.2, 0) is 0 Å². The molecular formula is C17H24Cl2N2OS. The molecule has 0 aromatic heterocycles. The summed E-state index contributed by atoms with van der Waals surface area (Å²) in [6, 6.07) is 17.9. The van der Waals surface area contributed by atoms with E-state index in [9.17, 15) is 0 Å². The van der Waals surface area contributed by atoms with Crippen molar-refractivity contribution in [3.63, 3.8) is 0 Å². The molecule has 2 aromatic carbocycles. The van der Waals surface area contributed by atoms with E-state index >= 15 is 0 Å². The molecule has 2 aromatic rings. The average molecular weight is 375 g/mol. The largest absolute Gasteiger partial charge is 0.412 e. The van der Waals surface area contributed by atoms with Gasteiger partial charge >= 0.3 is 0 Å². The SMILES string of the molecule is CC(CN1c2ccccc2Sc2ccccc21)N(C)C.Cl.Cl.O. The quantitative estimate of drug-likeness (QED) is 0.805. The smallest absolute Gasteiger partial charge is 0.0553 e. The van der Waals surface area contributed by atoms with E-state index in [1.807, 2.05) is 11.8 Å². The van der Waals surface area contributed by atoms with Crippen LogP contribution in [0.15, 0.2) is 58.3 Å². The van der Waals surface area contributed by atoms with Crippen molar-refractivity contribution in [2.75, 3.05) is 25.5 Å². The van der Waals surface area contributed by atoms with Gasteiger partial charge in [0.25, 0.3) is 0 Å². The van der Waals surface area contributed by atoms with Crippen molar-refractivity contribution in [3.8, 4) is 0 Å². The minimum atomic E-state index is 0. The minimum absolute atomic E-state index is 0. The number of likely N-dealkylation sites (N-methyl/N-ethyl adjacent to an activating group) is 1. The fourth-order valence-electron chi connectivity index (χ4n) is 2.41. The number of nitrogens with zero attached hydrogens (tertiary/aromatic N) is 2. The number of para-hydroxylation sites is 2. The van der Waals surface area contributed by atoms with Gasteiger partial charge in [0.2, 0.25) is 0 Å². The number of hydrogen-bond donors (Lipinski definition) is 0. The lowest BCUT2D eigenvalue weighted by Gasteiger charge is -2.36. The molecule has 0 saturated heterocycles. The molecule has 0 fully saturated rings. The van der Waals surface area contributed by atoms with Crippen molar-refractivity contribution >= 4 is 48.0 Å². The van der Waals surface area contributed by atoms with Crippen LogP contribution in [-0.4, -0.2) is 37.1 Å². The lowest BCUT2D eigenvalue weighted by molar-refractivity contribution is 0.319. The zero-order valence-electron chi connectivity index (χ0n) is 13.5. The van der Waals surface area contributed by atoms with Crippen LogP contribution in [0.4, 0.5) is 11.4 Å². The number of rotatable bonds is 3. The Labute approximate surface area is 155 Å². The Kier molecular flexibility index (Phi) is 9.03. The normalized spacial score (nSPS) is 13.0. The van der Waals surface area contributed by atoms with E-state index in [1.165, 1.54) is 21.2 Å². The number of anilines is 2. The van der Waals surface area contributed by atoms with Crippen molar-refractivity contribution in [2.24, 2.45) is 0 Å². The summed E-state index contributed by atoms with van der Waals surface area (Å²) in [5.41, 5.74) is 2.65. The molecule has 2 N–H and O–H groups in total. The monoisotopic (exact) mass is 374 g/mol. The van der Waals surface area contributed by atoms with Crippen molar-refractivity contribution in [1.82, 2.24) is 4.90 Å². The fourth-order valence-corrected chi connectivity index (χ4v) is 3.50. The van der Waals surface area contributed by atoms with Gasteiger partial charge < -0.3 is 15.3 Å². The van der Waals surface area contributed by atoms with E-state index in [-0.39, 0.29) is 30.3 Å². The molecule has 0 aliphatic carbocycles. The van der Waals surface area contributed by atoms with E-state index in [0.717, 1.165) is 6.54 Å². The molecule has 0 spiro atoms. The summed E-state index contributed by atoms with van der Waals surface area (Å²) in [6.45, 7) is 3.27. The molecule has 23 heavy (non-hydrogen) atoms. The predicted octanol–water partition coefficient (Wildman–Crippen LogP) is 4.26. The first kappa shape index (κ1) is 22.1. The van der Waals surface area contributed by atoms with E-state index < -0.39 is 0 Å². The zero-order chi connectivity index (χ0) is 14.1. The van der Waals surface area contributed by atoms with Gasteiger partial charge in [-0.15, -0.1) is 24.8 Å². The number of benzene rings is 2. The van der Waals surface area contributed by atoms with Crippen molar-refractivity contribution in [3.05, 3.63) is 48.5 Å². The fraction of sp³-hybridized carbons (Fsp3) is 0.294. The minimum Gasteiger partial charge on any atom is -0.412 e. The maximum atomic E-state index is 2.45. The molecule has 128 valence electrons. The van der Waals surface area contributed by atoms with Gasteiger partial charge in [-0.1, -0.05) is 36.0 Å². The lowest BCUT2D eigenvalue weighted by atomic mass is 10.2. The summed E-state index contributed by atoms with van der Waals surface area (Å²) in [5.74, 6) is 0. The van der Waals surface area contributed by atoms with Crippen LogP contribution >= 0.6 is 36.6 Å². The van der Waals surface area contributed by atoms with Gasteiger partial charge in [0.1, 0.15) is 0 Å². The molecule has 6 heteroatoms. The third kappa shape index (κ3) is 4.55. The van der Waals surface area contributed by atoms with Crippen molar-refractivity contribution in [2.45, 2.75) is 22.8 Å². The number of fused-ring (bicyclic) bond motifs is 2. The molecule has 1 atom stereocenters. The topological polar surface area (TPSA) is 38.0 Å². The van der Waals surface area contributed by atoms with Gasteiger partial charge in [-0.25, -0.2) is 0 Å². The predicted molar refractivity (Wildman–Crippen MR) is 105 cm³/mol. The van der Waals surface area contributed by atoms with Gasteiger partial charge in [-0.3, -0.25) is 0 Å². The molecule has 1 aliphatic rings. The zero-order valence-corrected chi connectivity index (χ0v) is 16.0. The van der Waals surface area contributed by atoms with E-state index in [0.29, 0.717) is 6.04 Å². The number of hydrogen-bond acceptors (Lipinski definition) is 3. The van der Waals surface area contributed by atoms with Crippen molar-refractivity contribution in [1.29, 1.82) is 0 Å². The van der Waals surface area contributed by atoms with E-state index in [2.05, 4.69) is 79.3 Å². The first-order valence-corrected chi connectivity index (χ1v) is 7.78. The van der Waals surface area contributed by atoms with Gasteiger partial charge in [0.15, 0.2) is 0 Å². The Hall–Kier alpha value is -0.910.